The first-order valence-electron chi connectivity index (χ1n) is 7.93. The molecule has 25 heavy (non-hydrogen) atoms. The predicted octanol–water partition coefficient (Wildman–Crippen LogP) is 1.18. The summed E-state index contributed by atoms with van der Waals surface area (Å²) >= 11 is 0. The molecule has 3 N–H and O–H groups in total. The van der Waals surface area contributed by atoms with Gasteiger partial charge in [0.1, 0.15) is 0 Å². The Labute approximate surface area is 147 Å². The molecule has 0 fully saturated rings. The minimum atomic E-state index is -3.52. The van der Waals surface area contributed by atoms with E-state index in [1.54, 1.807) is 0 Å². The Morgan fingerprint density at radius 1 is 1.08 bits per heavy atom. The number of benzene rings is 2. The minimum Gasteiger partial charge on any atom is -0.396 e. The Balaban J connectivity index is 1.94. The third-order valence-electron chi connectivity index (χ3n) is 3.87. The molecular formula is C18H22N2O4S. The third kappa shape index (κ3) is 5.38. The van der Waals surface area contributed by atoms with Crippen LogP contribution >= 0.6 is 0 Å². The van der Waals surface area contributed by atoms with Crippen molar-refractivity contribution >= 4 is 15.9 Å². The number of hydrogen-bond donors (Lipinski definition) is 3. The predicted molar refractivity (Wildman–Crippen MR) is 95.7 cm³/mol. The third-order valence-corrected chi connectivity index (χ3v) is 5.30. The Morgan fingerprint density at radius 2 is 1.72 bits per heavy atom. The van der Waals surface area contributed by atoms with Crippen LogP contribution in [0.2, 0.25) is 0 Å². The van der Waals surface area contributed by atoms with Crippen molar-refractivity contribution in [2.75, 3.05) is 20.2 Å². The lowest BCUT2D eigenvalue weighted by Crippen LogP contribution is -2.31. The molecule has 2 aromatic rings. The molecule has 0 saturated carbocycles. The van der Waals surface area contributed by atoms with Crippen molar-refractivity contribution in [1.82, 2.24) is 10.0 Å². The lowest BCUT2D eigenvalue weighted by atomic mass is 10.00. The zero-order valence-electron chi connectivity index (χ0n) is 14.0. The second-order valence-electron chi connectivity index (χ2n) is 5.68. The van der Waals surface area contributed by atoms with Crippen molar-refractivity contribution < 1.29 is 18.3 Å². The smallest absolute Gasteiger partial charge is 0.251 e. The number of carbonyl (C=O) groups is 1. The van der Waals surface area contributed by atoms with E-state index >= 15 is 0 Å². The molecule has 0 saturated heterocycles. The van der Waals surface area contributed by atoms with Gasteiger partial charge < -0.3 is 10.4 Å². The van der Waals surface area contributed by atoms with Crippen LogP contribution in [0.4, 0.5) is 0 Å². The second kappa shape index (κ2) is 8.75. The zero-order valence-corrected chi connectivity index (χ0v) is 14.8. The van der Waals surface area contributed by atoms with Gasteiger partial charge in [-0.05, 0) is 43.3 Å². The number of hydrogen-bond acceptors (Lipinski definition) is 4. The highest BCUT2D eigenvalue weighted by molar-refractivity contribution is 7.89. The van der Waals surface area contributed by atoms with Crippen LogP contribution in [0.25, 0.3) is 0 Å². The average Bonchev–Trinajstić information content (AvgIpc) is 2.65. The van der Waals surface area contributed by atoms with E-state index in [2.05, 4.69) is 10.0 Å². The van der Waals surface area contributed by atoms with Gasteiger partial charge in [-0.25, -0.2) is 13.1 Å². The monoisotopic (exact) mass is 362 g/mol. The SMILES string of the molecule is CNS(=O)(=O)c1ccc(C(=O)NCC(CO)Cc2ccccc2)cc1. The van der Waals surface area contributed by atoms with E-state index in [4.69, 9.17) is 0 Å². The van der Waals surface area contributed by atoms with E-state index in [9.17, 15) is 18.3 Å². The molecule has 2 rings (SSSR count). The summed E-state index contributed by atoms with van der Waals surface area (Å²) in [5.74, 6) is -0.393. The number of nitrogens with one attached hydrogen (secondary N) is 2. The lowest BCUT2D eigenvalue weighted by Gasteiger charge is -2.15. The van der Waals surface area contributed by atoms with Crippen LogP contribution in [0, 0.1) is 5.92 Å². The number of amides is 1. The van der Waals surface area contributed by atoms with Crippen molar-refractivity contribution in [1.29, 1.82) is 0 Å². The van der Waals surface area contributed by atoms with E-state index in [0.29, 0.717) is 18.5 Å². The molecule has 134 valence electrons. The minimum absolute atomic E-state index is 0.0332. The highest BCUT2D eigenvalue weighted by Crippen LogP contribution is 2.11. The van der Waals surface area contributed by atoms with Gasteiger partial charge in [0.15, 0.2) is 0 Å². The van der Waals surface area contributed by atoms with Gasteiger partial charge in [0.2, 0.25) is 10.0 Å². The summed E-state index contributed by atoms with van der Waals surface area (Å²) in [6.45, 7) is 0.301. The fraction of sp³-hybridized carbons (Fsp3) is 0.278. The van der Waals surface area contributed by atoms with Crippen LogP contribution in [0.3, 0.4) is 0 Å². The topological polar surface area (TPSA) is 95.5 Å². The van der Waals surface area contributed by atoms with E-state index in [1.165, 1.54) is 31.3 Å². The van der Waals surface area contributed by atoms with Crippen LogP contribution < -0.4 is 10.0 Å². The molecule has 7 heteroatoms. The lowest BCUT2D eigenvalue weighted by molar-refractivity contribution is 0.0940. The Kier molecular flexibility index (Phi) is 6.69. The molecule has 0 radical (unpaired) electrons. The largest absolute Gasteiger partial charge is 0.396 e. The maximum Gasteiger partial charge on any atom is 0.251 e. The van der Waals surface area contributed by atoms with Crippen molar-refractivity contribution in [2.45, 2.75) is 11.3 Å². The van der Waals surface area contributed by atoms with Crippen molar-refractivity contribution in [3.05, 3.63) is 65.7 Å². The highest BCUT2D eigenvalue weighted by Gasteiger charge is 2.14. The zero-order chi connectivity index (χ0) is 18.3. The van der Waals surface area contributed by atoms with Crippen LogP contribution in [0.5, 0.6) is 0 Å². The van der Waals surface area contributed by atoms with E-state index in [-0.39, 0.29) is 23.3 Å². The highest BCUT2D eigenvalue weighted by atomic mass is 32.2. The van der Waals surface area contributed by atoms with Gasteiger partial charge in [0.05, 0.1) is 4.90 Å². The number of rotatable bonds is 8. The van der Waals surface area contributed by atoms with E-state index in [1.807, 2.05) is 30.3 Å². The summed E-state index contributed by atoms with van der Waals surface area (Å²) in [7, 11) is -2.19. The van der Waals surface area contributed by atoms with E-state index < -0.39 is 10.0 Å². The molecule has 1 atom stereocenters. The average molecular weight is 362 g/mol. The molecule has 0 aliphatic heterocycles. The maximum absolute atomic E-state index is 12.2. The van der Waals surface area contributed by atoms with Crippen LogP contribution in [0.1, 0.15) is 15.9 Å². The van der Waals surface area contributed by atoms with E-state index in [0.717, 1.165) is 5.56 Å². The Bertz CT molecular complexity index is 790. The van der Waals surface area contributed by atoms with Crippen molar-refractivity contribution in [2.24, 2.45) is 5.92 Å². The first kappa shape index (κ1) is 19.1. The summed E-state index contributed by atoms with van der Waals surface area (Å²) in [4.78, 5) is 12.3. The fourth-order valence-electron chi connectivity index (χ4n) is 2.39. The van der Waals surface area contributed by atoms with Crippen LogP contribution in [0.15, 0.2) is 59.5 Å². The first-order valence-corrected chi connectivity index (χ1v) is 9.41. The molecule has 0 aromatic heterocycles. The Morgan fingerprint density at radius 3 is 2.28 bits per heavy atom. The molecule has 2 aromatic carbocycles. The number of aliphatic hydroxyl groups excluding tert-OH is 1. The van der Waals surface area contributed by atoms with Gasteiger partial charge in [-0.15, -0.1) is 0 Å². The molecule has 0 spiro atoms. The fourth-order valence-corrected chi connectivity index (χ4v) is 3.12. The van der Waals surface area contributed by atoms with Crippen molar-refractivity contribution in [3.8, 4) is 0 Å². The molecule has 0 aliphatic carbocycles. The van der Waals surface area contributed by atoms with Gasteiger partial charge in [-0.2, -0.15) is 0 Å². The summed E-state index contributed by atoms with van der Waals surface area (Å²) < 4.78 is 25.6. The number of aliphatic hydroxyl groups is 1. The second-order valence-corrected chi connectivity index (χ2v) is 7.57. The van der Waals surface area contributed by atoms with Gasteiger partial charge in [0, 0.05) is 24.6 Å². The maximum atomic E-state index is 12.2. The Hall–Kier alpha value is -2.22. The molecule has 6 nitrogen and oxygen atoms in total. The molecule has 0 heterocycles. The first-order chi connectivity index (χ1) is 12.0. The molecule has 1 amide bonds. The van der Waals surface area contributed by atoms with Crippen molar-refractivity contribution in [3.63, 3.8) is 0 Å². The number of carbonyl (C=O) groups excluding carboxylic acids is 1. The molecule has 0 bridgehead atoms. The normalized spacial score (nSPS) is 12.6. The number of sulfonamides is 1. The molecule has 1 unspecified atom stereocenters. The van der Waals surface area contributed by atoms with Gasteiger partial charge in [0.25, 0.3) is 5.91 Å². The summed E-state index contributed by atoms with van der Waals surface area (Å²) in [5.41, 5.74) is 1.46. The van der Waals surface area contributed by atoms with Crippen LogP contribution in [-0.4, -0.2) is 39.6 Å². The standard InChI is InChI=1S/C18H22N2O4S/c1-19-25(23,24)17-9-7-16(8-10-17)18(22)20-12-15(13-21)11-14-5-3-2-4-6-14/h2-10,15,19,21H,11-13H2,1H3,(H,20,22). The van der Waals surface area contributed by atoms with Gasteiger partial charge >= 0.3 is 0 Å². The van der Waals surface area contributed by atoms with Gasteiger partial charge in [-0.3, -0.25) is 4.79 Å². The summed E-state index contributed by atoms with van der Waals surface area (Å²) in [6.07, 6.45) is 0.664. The molecular weight excluding hydrogens is 340 g/mol. The van der Waals surface area contributed by atoms with Crippen LogP contribution in [-0.2, 0) is 16.4 Å². The van der Waals surface area contributed by atoms with Gasteiger partial charge in [-0.1, -0.05) is 30.3 Å². The summed E-state index contributed by atoms with van der Waals surface area (Å²) in [6, 6.07) is 15.4. The summed E-state index contributed by atoms with van der Waals surface area (Å²) in [5, 5.41) is 12.3. The molecule has 0 aliphatic rings. The quantitative estimate of drug-likeness (QED) is 0.657.